The van der Waals surface area contributed by atoms with Gasteiger partial charge in [0.15, 0.2) is 0 Å². The normalized spacial score (nSPS) is 21.8. The molecule has 1 aromatic carbocycles. The van der Waals surface area contributed by atoms with Crippen molar-refractivity contribution in [2.75, 3.05) is 31.1 Å². The first-order valence-electron chi connectivity index (χ1n) is 11.2. The van der Waals surface area contributed by atoms with E-state index in [4.69, 9.17) is 9.90 Å². The second kappa shape index (κ2) is 9.02. The second-order valence-electron chi connectivity index (χ2n) is 9.25. The van der Waals surface area contributed by atoms with Crippen LogP contribution in [-0.2, 0) is 21.4 Å². The van der Waals surface area contributed by atoms with E-state index >= 15 is 0 Å². The number of aromatic nitrogens is 2. The van der Waals surface area contributed by atoms with E-state index in [1.54, 1.807) is 11.6 Å². The lowest BCUT2D eigenvalue weighted by Crippen LogP contribution is -2.58. The van der Waals surface area contributed by atoms with Crippen LogP contribution in [0.2, 0.25) is 0 Å². The summed E-state index contributed by atoms with van der Waals surface area (Å²) < 4.78 is 34.9. The molecule has 0 aliphatic carbocycles. The van der Waals surface area contributed by atoms with Crippen molar-refractivity contribution >= 4 is 34.5 Å². The number of carboxylic acid groups (broad SMARTS) is 1. The Bertz CT molecular complexity index is 1220. The Kier molecular flexibility index (Phi) is 6.38. The number of aryl methyl sites for hydroxylation is 1. The number of alkyl halides is 3. The number of aliphatic carboxylic acids is 1. The van der Waals surface area contributed by atoms with Crippen molar-refractivity contribution in [1.29, 1.82) is 0 Å². The Morgan fingerprint density at radius 3 is 2.26 bits per heavy atom. The molecule has 3 aliphatic rings. The molecule has 2 aromatic rings. The number of halogens is 3. The number of carbonyl (C=O) groups excluding carboxylic acids is 2. The van der Waals surface area contributed by atoms with Gasteiger partial charge in [0.25, 0.3) is 0 Å². The van der Waals surface area contributed by atoms with Crippen LogP contribution >= 0.6 is 0 Å². The average Bonchev–Trinajstić information content (AvgIpc) is 3.02. The molecule has 3 saturated heterocycles. The number of fused-ring (bicyclic) bond motifs is 1. The van der Waals surface area contributed by atoms with Crippen LogP contribution < -0.4 is 21.2 Å². The van der Waals surface area contributed by atoms with Gasteiger partial charge < -0.3 is 15.3 Å². The molecule has 3 N–H and O–H groups in total. The van der Waals surface area contributed by atoms with Gasteiger partial charge in [-0.3, -0.25) is 24.0 Å². The second-order valence-corrected chi connectivity index (χ2v) is 9.25. The van der Waals surface area contributed by atoms with E-state index in [-0.39, 0.29) is 18.0 Å². The molecule has 13 heteroatoms. The van der Waals surface area contributed by atoms with Crippen molar-refractivity contribution in [3.05, 3.63) is 28.7 Å². The van der Waals surface area contributed by atoms with Gasteiger partial charge in [0.1, 0.15) is 6.04 Å². The molecule has 190 valence electrons. The Morgan fingerprint density at radius 1 is 1.11 bits per heavy atom. The number of piperidine rings is 2. The summed E-state index contributed by atoms with van der Waals surface area (Å²) in [5, 5.41) is 12.9. The molecular weight excluding hydrogens is 471 g/mol. The summed E-state index contributed by atoms with van der Waals surface area (Å²) in [6, 6.07) is 5.39. The summed E-state index contributed by atoms with van der Waals surface area (Å²) in [5.74, 6) is -3.43. The number of carbonyl (C=O) groups is 3. The first-order valence-corrected chi connectivity index (χ1v) is 11.2. The van der Waals surface area contributed by atoms with Gasteiger partial charge in [0.05, 0.1) is 11.0 Å². The molecular formula is C22H26F3N5O5. The van der Waals surface area contributed by atoms with Crippen LogP contribution in [0, 0.1) is 5.41 Å². The van der Waals surface area contributed by atoms with Crippen LogP contribution in [0.25, 0.3) is 11.0 Å². The number of imidazole rings is 1. The zero-order valence-corrected chi connectivity index (χ0v) is 19.0. The summed E-state index contributed by atoms with van der Waals surface area (Å²) in [6.07, 6.45) is -2.10. The largest absolute Gasteiger partial charge is 0.490 e. The molecule has 0 saturated carbocycles. The standard InChI is InChI=1S/C20H25N5O3.C2HF3O2/c1-23-16-10-13(24-8-6-20(7-9-24)11-21-12-20)2-3-14(16)25(19(23)28)15-4-5-17(26)22-18(15)27;3-2(4,5)1(6)7/h2-3,10,15,21H,4-9,11-12H2,1H3,(H,22,26,27);(H,6,7). The van der Waals surface area contributed by atoms with Gasteiger partial charge in [-0.2, -0.15) is 13.2 Å². The minimum Gasteiger partial charge on any atom is -0.475 e. The summed E-state index contributed by atoms with van der Waals surface area (Å²) in [6.45, 7) is 4.30. The minimum absolute atomic E-state index is 0.222. The van der Waals surface area contributed by atoms with Crippen LogP contribution in [-0.4, -0.2) is 64.4 Å². The molecule has 0 bridgehead atoms. The molecule has 10 nitrogen and oxygen atoms in total. The lowest BCUT2D eigenvalue weighted by Gasteiger charge is -2.49. The molecule has 3 aliphatic heterocycles. The van der Waals surface area contributed by atoms with Crippen LogP contribution in [0.3, 0.4) is 0 Å². The van der Waals surface area contributed by atoms with E-state index in [0.717, 1.165) is 42.9 Å². The van der Waals surface area contributed by atoms with E-state index in [1.807, 2.05) is 12.1 Å². The zero-order valence-electron chi connectivity index (χ0n) is 19.0. The van der Waals surface area contributed by atoms with Crippen molar-refractivity contribution in [2.24, 2.45) is 12.5 Å². The highest BCUT2D eigenvalue weighted by Gasteiger charge is 2.40. The smallest absolute Gasteiger partial charge is 0.475 e. The molecule has 0 radical (unpaired) electrons. The van der Waals surface area contributed by atoms with Crippen LogP contribution in [0.4, 0.5) is 18.9 Å². The number of imide groups is 1. The Balaban J connectivity index is 0.000000364. The van der Waals surface area contributed by atoms with E-state index in [0.29, 0.717) is 11.8 Å². The van der Waals surface area contributed by atoms with Crippen molar-refractivity contribution < 1.29 is 32.7 Å². The van der Waals surface area contributed by atoms with Gasteiger partial charge in [0, 0.05) is 45.3 Å². The number of hydrogen-bond donors (Lipinski definition) is 3. The first-order chi connectivity index (χ1) is 16.4. The van der Waals surface area contributed by atoms with Crippen molar-refractivity contribution in [2.45, 2.75) is 37.9 Å². The number of hydrogen-bond acceptors (Lipinski definition) is 6. The Labute approximate surface area is 197 Å². The number of nitrogens with zero attached hydrogens (tertiary/aromatic N) is 3. The fraction of sp³-hybridized carbons (Fsp3) is 0.545. The minimum atomic E-state index is -5.08. The van der Waals surface area contributed by atoms with Gasteiger partial charge in [-0.15, -0.1) is 0 Å². The summed E-state index contributed by atoms with van der Waals surface area (Å²) >= 11 is 0. The molecule has 1 aromatic heterocycles. The third-order valence-electron chi connectivity index (χ3n) is 7.03. The van der Waals surface area contributed by atoms with Crippen LogP contribution in [0.5, 0.6) is 0 Å². The summed E-state index contributed by atoms with van der Waals surface area (Å²) in [7, 11) is 1.74. The van der Waals surface area contributed by atoms with Gasteiger partial charge in [0.2, 0.25) is 11.8 Å². The monoisotopic (exact) mass is 497 g/mol. The molecule has 1 atom stereocenters. The SMILES string of the molecule is Cn1c(=O)n(C2CCC(=O)NC2=O)c2ccc(N3CCC4(CC3)CNC4)cc21.O=C(O)C(F)(F)F. The molecule has 35 heavy (non-hydrogen) atoms. The number of rotatable bonds is 2. The van der Waals surface area contributed by atoms with E-state index in [2.05, 4.69) is 21.6 Å². The average molecular weight is 497 g/mol. The molecule has 5 rings (SSSR count). The van der Waals surface area contributed by atoms with E-state index < -0.39 is 24.1 Å². The maximum absolute atomic E-state index is 12.9. The number of nitrogens with one attached hydrogen (secondary N) is 2. The summed E-state index contributed by atoms with van der Waals surface area (Å²) in [4.78, 5) is 47.9. The highest BCUT2D eigenvalue weighted by molar-refractivity contribution is 6.00. The van der Waals surface area contributed by atoms with E-state index in [1.165, 1.54) is 17.4 Å². The van der Waals surface area contributed by atoms with Crippen molar-refractivity contribution in [3.63, 3.8) is 0 Å². The molecule has 1 unspecified atom stereocenters. The van der Waals surface area contributed by atoms with Gasteiger partial charge >= 0.3 is 17.8 Å². The first kappa shape index (κ1) is 24.8. The number of benzene rings is 1. The predicted octanol–water partition coefficient (Wildman–Crippen LogP) is 1.14. The van der Waals surface area contributed by atoms with Crippen molar-refractivity contribution in [1.82, 2.24) is 19.8 Å². The maximum Gasteiger partial charge on any atom is 0.490 e. The fourth-order valence-electron chi connectivity index (χ4n) is 4.85. The molecule has 3 fully saturated rings. The Morgan fingerprint density at radius 2 is 1.74 bits per heavy atom. The highest BCUT2D eigenvalue weighted by Crippen LogP contribution is 2.37. The number of carboxylic acids is 1. The quantitative estimate of drug-likeness (QED) is 0.532. The third kappa shape index (κ3) is 4.77. The molecule has 4 heterocycles. The van der Waals surface area contributed by atoms with E-state index in [9.17, 15) is 27.6 Å². The topological polar surface area (TPSA) is 126 Å². The zero-order chi connectivity index (χ0) is 25.5. The van der Waals surface area contributed by atoms with Crippen LogP contribution in [0.1, 0.15) is 31.7 Å². The van der Waals surface area contributed by atoms with Crippen LogP contribution in [0.15, 0.2) is 23.0 Å². The fourth-order valence-corrected chi connectivity index (χ4v) is 4.85. The maximum atomic E-state index is 12.9. The van der Waals surface area contributed by atoms with Gasteiger partial charge in [-0.05, 0) is 42.9 Å². The predicted molar refractivity (Wildman–Crippen MR) is 119 cm³/mol. The third-order valence-corrected chi connectivity index (χ3v) is 7.03. The highest BCUT2D eigenvalue weighted by atomic mass is 19.4. The molecule has 2 amide bonds. The number of anilines is 1. The molecule has 1 spiro atoms. The van der Waals surface area contributed by atoms with Crippen molar-refractivity contribution in [3.8, 4) is 0 Å². The Hall–Kier alpha value is -3.35. The lowest BCUT2D eigenvalue weighted by molar-refractivity contribution is -0.192. The summed E-state index contributed by atoms with van der Waals surface area (Å²) in [5.41, 5.74) is 2.94. The van der Waals surface area contributed by atoms with Gasteiger partial charge in [-0.1, -0.05) is 0 Å². The number of amides is 2. The van der Waals surface area contributed by atoms with Gasteiger partial charge in [-0.25, -0.2) is 9.59 Å². The lowest BCUT2D eigenvalue weighted by atomic mass is 9.73.